The molecule has 5 nitrogen and oxygen atoms in total. The number of unbranched alkanes of at least 4 members (excludes halogenated alkanes) is 1. The normalized spacial score (nSPS) is 15.4. The van der Waals surface area contributed by atoms with Gasteiger partial charge in [-0.05, 0) is 55.1 Å². The zero-order valence-corrected chi connectivity index (χ0v) is 21.3. The van der Waals surface area contributed by atoms with Crippen molar-refractivity contribution in [3.8, 4) is 0 Å². The third kappa shape index (κ3) is 9.94. The fourth-order valence-electron chi connectivity index (χ4n) is 4.15. The van der Waals surface area contributed by atoms with Gasteiger partial charge in [-0.2, -0.15) is 0 Å². The van der Waals surface area contributed by atoms with Crippen LogP contribution in [0.25, 0.3) is 10.8 Å². The van der Waals surface area contributed by atoms with Crippen LogP contribution in [0, 0.1) is 0 Å². The minimum atomic E-state index is -3.45. The molecule has 0 aromatic heterocycles. The fourth-order valence-corrected chi connectivity index (χ4v) is 5.26. The van der Waals surface area contributed by atoms with Crippen molar-refractivity contribution in [2.75, 3.05) is 26.2 Å². The maximum Gasteiger partial charge on any atom is 0.240 e. The van der Waals surface area contributed by atoms with Crippen molar-refractivity contribution >= 4 is 45.6 Å². The average molecular weight is 505 g/mol. The largest absolute Gasteiger partial charge is 0.315 e. The molecule has 0 radical (unpaired) electrons. The highest BCUT2D eigenvalue weighted by Gasteiger charge is 2.13. The first-order valence-electron chi connectivity index (χ1n) is 11.6. The van der Waals surface area contributed by atoms with E-state index in [0.29, 0.717) is 17.5 Å². The van der Waals surface area contributed by atoms with E-state index in [-0.39, 0.29) is 24.8 Å². The summed E-state index contributed by atoms with van der Waals surface area (Å²) in [6.07, 6.45) is 11.3. The van der Waals surface area contributed by atoms with Crippen LogP contribution in [0.1, 0.15) is 57.8 Å². The van der Waals surface area contributed by atoms with Crippen LogP contribution in [0.5, 0.6) is 0 Å². The van der Waals surface area contributed by atoms with Crippen molar-refractivity contribution in [3.05, 3.63) is 42.5 Å². The Bertz CT molecular complexity index is 872. The van der Waals surface area contributed by atoms with E-state index < -0.39 is 10.0 Å². The molecule has 0 atom stereocenters. The van der Waals surface area contributed by atoms with E-state index in [1.807, 2.05) is 30.3 Å². The summed E-state index contributed by atoms with van der Waals surface area (Å²) >= 11 is 0. The molecule has 0 heterocycles. The Morgan fingerprint density at radius 1 is 0.750 bits per heavy atom. The van der Waals surface area contributed by atoms with Crippen molar-refractivity contribution in [2.24, 2.45) is 0 Å². The van der Waals surface area contributed by atoms with Gasteiger partial charge in [-0.1, -0.05) is 62.4 Å². The van der Waals surface area contributed by atoms with Crippen LogP contribution in [0.4, 0.5) is 0 Å². The van der Waals surface area contributed by atoms with Crippen LogP contribution in [0.3, 0.4) is 0 Å². The van der Waals surface area contributed by atoms with Gasteiger partial charge < -0.3 is 10.6 Å². The Balaban J connectivity index is 0.00000256. The first kappa shape index (κ1) is 29.1. The van der Waals surface area contributed by atoms with Gasteiger partial charge in [0.2, 0.25) is 10.0 Å². The predicted octanol–water partition coefficient (Wildman–Crippen LogP) is 5.03. The lowest BCUT2D eigenvalue weighted by atomic mass is 9.97. The molecule has 0 amide bonds. The summed E-state index contributed by atoms with van der Waals surface area (Å²) in [4.78, 5) is 0.333. The SMILES string of the molecule is Cl.Cl.O=S(=O)(NCCCCNCCNC1CCCCCCC1)c1ccc2ccccc2c1. The van der Waals surface area contributed by atoms with Gasteiger partial charge in [0, 0.05) is 25.7 Å². The lowest BCUT2D eigenvalue weighted by Gasteiger charge is -2.21. The van der Waals surface area contributed by atoms with E-state index in [1.54, 1.807) is 12.1 Å². The monoisotopic (exact) mass is 503 g/mol. The van der Waals surface area contributed by atoms with E-state index in [0.717, 1.165) is 43.2 Å². The zero-order chi connectivity index (χ0) is 21.1. The minimum Gasteiger partial charge on any atom is -0.315 e. The average Bonchev–Trinajstić information content (AvgIpc) is 2.73. The van der Waals surface area contributed by atoms with Crippen LogP contribution < -0.4 is 15.4 Å². The summed E-state index contributed by atoms with van der Waals surface area (Å²) in [5.41, 5.74) is 0. The molecule has 2 aromatic carbocycles. The number of sulfonamides is 1. The number of rotatable bonds is 11. The Hall–Kier alpha value is -0.890. The Labute approximate surface area is 206 Å². The highest BCUT2D eigenvalue weighted by Crippen LogP contribution is 2.19. The molecule has 0 saturated heterocycles. The van der Waals surface area contributed by atoms with E-state index in [9.17, 15) is 8.42 Å². The summed E-state index contributed by atoms with van der Waals surface area (Å²) in [7, 11) is -3.45. The summed E-state index contributed by atoms with van der Waals surface area (Å²) in [6, 6.07) is 13.8. The molecule has 8 heteroatoms. The fraction of sp³-hybridized carbons (Fsp3) is 0.583. The molecular weight excluding hydrogens is 465 g/mol. The molecule has 1 aliphatic rings. The summed E-state index contributed by atoms with van der Waals surface area (Å²) in [5, 5.41) is 9.14. The van der Waals surface area contributed by atoms with Gasteiger partial charge in [0.15, 0.2) is 0 Å². The van der Waals surface area contributed by atoms with Crippen LogP contribution in [-0.2, 0) is 10.0 Å². The first-order valence-corrected chi connectivity index (χ1v) is 13.1. The highest BCUT2D eigenvalue weighted by molar-refractivity contribution is 7.89. The van der Waals surface area contributed by atoms with Gasteiger partial charge in [-0.15, -0.1) is 24.8 Å². The maximum absolute atomic E-state index is 12.5. The minimum absolute atomic E-state index is 0. The second kappa shape index (κ2) is 15.9. The van der Waals surface area contributed by atoms with Crippen LogP contribution in [0.15, 0.2) is 47.4 Å². The summed E-state index contributed by atoms with van der Waals surface area (Å²) in [5.74, 6) is 0. The molecule has 0 bridgehead atoms. The molecule has 3 N–H and O–H groups in total. The van der Waals surface area contributed by atoms with Gasteiger partial charge in [-0.3, -0.25) is 0 Å². The molecule has 182 valence electrons. The van der Waals surface area contributed by atoms with Crippen LogP contribution in [0.2, 0.25) is 0 Å². The topological polar surface area (TPSA) is 70.2 Å². The highest BCUT2D eigenvalue weighted by atomic mass is 35.5. The van der Waals surface area contributed by atoms with E-state index in [4.69, 9.17) is 0 Å². The van der Waals surface area contributed by atoms with Crippen molar-refractivity contribution in [1.82, 2.24) is 15.4 Å². The van der Waals surface area contributed by atoms with Gasteiger partial charge in [0.1, 0.15) is 0 Å². The smallest absolute Gasteiger partial charge is 0.240 e. The van der Waals surface area contributed by atoms with E-state index >= 15 is 0 Å². The molecular formula is C24H39Cl2N3O2S. The van der Waals surface area contributed by atoms with Gasteiger partial charge >= 0.3 is 0 Å². The second-order valence-electron chi connectivity index (χ2n) is 8.36. The lowest BCUT2D eigenvalue weighted by molar-refractivity contribution is 0.388. The number of nitrogens with one attached hydrogen (secondary N) is 3. The number of benzene rings is 2. The van der Waals surface area contributed by atoms with Crippen molar-refractivity contribution in [1.29, 1.82) is 0 Å². The molecule has 0 unspecified atom stereocenters. The van der Waals surface area contributed by atoms with E-state index in [2.05, 4.69) is 15.4 Å². The van der Waals surface area contributed by atoms with Crippen molar-refractivity contribution < 1.29 is 8.42 Å². The lowest BCUT2D eigenvalue weighted by Crippen LogP contribution is -2.35. The van der Waals surface area contributed by atoms with E-state index in [1.165, 1.54) is 44.9 Å². The van der Waals surface area contributed by atoms with Gasteiger partial charge in [0.05, 0.1) is 4.90 Å². The third-order valence-electron chi connectivity index (χ3n) is 5.94. The Morgan fingerprint density at radius 2 is 1.41 bits per heavy atom. The van der Waals surface area contributed by atoms with Crippen LogP contribution >= 0.6 is 24.8 Å². The molecule has 0 spiro atoms. The number of hydrogen-bond acceptors (Lipinski definition) is 4. The molecule has 0 aliphatic heterocycles. The summed E-state index contributed by atoms with van der Waals surface area (Å²) < 4.78 is 27.8. The summed E-state index contributed by atoms with van der Waals surface area (Å²) in [6.45, 7) is 3.37. The maximum atomic E-state index is 12.5. The standard InChI is InChI=1S/C24H37N3O2S.2ClH/c28-30(29,24-15-14-21-10-6-7-11-22(21)20-24)27-17-9-8-16-25-18-19-26-23-12-4-2-1-3-5-13-23;;/h6-7,10-11,14-15,20,23,25-27H,1-5,8-9,12-13,16-19H2;2*1H. The Kier molecular flexibility index (Phi) is 14.4. The third-order valence-corrected chi connectivity index (χ3v) is 7.40. The number of hydrogen-bond donors (Lipinski definition) is 3. The number of fused-ring (bicyclic) bond motifs is 1. The molecule has 1 aliphatic carbocycles. The van der Waals surface area contributed by atoms with Gasteiger partial charge in [0.25, 0.3) is 0 Å². The molecule has 1 fully saturated rings. The van der Waals surface area contributed by atoms with Crippen molar-refractivity contribution in [2.45, 2.75) is 68.7 Å². The van der Waals surface area contributed by atoms with Gasteiger partial charge in [-0.25, -0.2) is 13.1 Å². The Morgan fingerprint density at radius 3 is 2.16 bits per heavy atom. The number of halogens is 2. The van der Waals surface area contributed by atoms with Crippen molar-refractivity contribution in [3.63, 3.8) is 0 Å². The molecule has 1 saturated carbocycles. The molecule has 2 aromatic rings. The van der Waals surface area contributed by atoms with Crippen LogP contribution in [-0.4, -0.2) is 40.6 Å². The predicted molar refractivity (Wildman–Crippen MR) is 140 cm³/mol. The quantitative estimate of drug-likeness (QED) is 0.376. The molecule has 32 heavy (non-hydrogen) atoms. The molecule has 3 rings (SSSR count). The first-order chi connectivity index (χ1) is 14.6. The zero-order valence-electron chi connectivity index (χ0n) is 18.9. The second-order valence-corrected chi connectivity index (χ2v) is 10.1.